The zero-order valence-corrected chi connectivity index (χ0v) is 14.8. The summed E-state index contributed by atoms with van der Waals surface area (Å²) in [6, 6.07) is 0. The topological polar surface area (TPSA) is 52.8 Å². The van der Waals surface area contributed by atoms with Crippen LogP contribution >= 0.6 is 0 Å². The Kier molecular flexibility index (Phi) is 5.94. The van der Waals surface area contributed by atoms with E-state index in [2.05, 4.69) is 21.7 Å². The van der Waals surface area contributed by atoms with Crippen molar-refractivity contribution in [1.82, 2.24) is 14.7 Å². The summed E-state index contributed by atoms with van der Waals surface area (Å²) in [7, 11) is 2.26. The Bertz CT molecular complexity index is 394. The maximum atomic E-state index is 11.3. The summed E-state index contributed by atoms with van der Waals surface area (Å²) in [5, 5.41) is 0. The molecule has 0 radical (unpaired) electrons. The van der Waals surface area contributed by atoms with Crippen LogP contribution in [0.1, 0.15) is 32.1 Å². The molecule has 1 unspecified atom stereocenters. The van der Waals surface area contributed by atoms with Crippen LogP contribution in [0.3, 0.4) is 0 Å². The molecular weight excluding hydrogens is 288 g/mol. The monoisotopic (exact) mass is 322 g/mol. The number of primary amides is 1. The molecule has 5 nitrogen and oxygen atoms in total. The summed E-state index contributed by atoms with van der Waals surface area (Å²) in [5.74, 6) is 1.71. The van der Waals surface area contributed by atoms with Crippen molar-refractivity contribution < 1.29 is 4.79 Å². The maximum Gasteiger partial charge on any atom is 0.220 e. The summed E-state index contributed by atoms with van der Waals surface area (Å²) in [5.41, 5.74) is 5.43. The molecule has 5 heteroatoms. The van der Waals surface area contributed by atoms with E-state index in [-0.39, 0.29) is 11.8 Å². The van der Waals surface area contributed by atoms with Crippen molar-refractivity contribution in [3.8, 4) is 0 Å². The van der Waals surface area contributed by atoms with Gasteiger partial charge in [-0.15, -0.1) is 0 Å². The van der Waals surface area contributed by atoms with Gasteiger partial charge in [0.15, 0.2) is 0 Å². The molecule has 3 heterocycles. The van der Waals surface area contributed by atoms with Gasteiger partial charge in [-0.05, 0) is 77.2 Å². The summed E-state index contributed by atoms with van der Waals surface area (Å²) >= 11 is 0. The lowest BCUT2D eigenvalue weighted by Gasteiger charge is -2.33. The van der Waals surface area contributed by atoms with Crippen molar-refractivity contribution in [2.45, 2.75) is 32.1 Å². The SMILES string of the molecule is CN1CCC[C@H](CN2CCC(CN3CCC(C(N)=O)CC3)C2)C1. The minimum absolute atomic E-state index is 0.103. The predicted octanol–water partition coefficient (Wildman–Crippen LogP) is 0.847. The molecule has 3 fully saturated rings. The number of likely N-dealkylation sites (tertiary alicyclic amines) is 3. The Labute approximate surface area is 141 Å². The van der Waals surface area contributed by atoms with Crippen LogP contribution in [0.25, 0.3) is 0 Å². The molecule has 0 aromatic carbocycles. The highest BCUT2D eigenvalue weighted by Crippen LogP contribution is 2.24. The largest absolute Gasteiger partial charge is 0.369 e. The minimum atomic E-state index is -0.103. The van der Waals surface area contributed by atoms with Gasteiger partial charge in [0.1, 0.15) is 0 Å². The molecule has 0 aromatic heterocycles. The molecule has 23 heavy (non-hydrogen) atoms. The molecule has 0 saturated carbocycles. The van der Waals surface area contributed by atoms with E-state index >= 15 is 0 Å². The number of hydrogen-bond donors (Lipinski definition) is 1. The van der Waals surface area contributed by atoms with Gasteiger partial charge in [-0.25, -0.2) is 0 Å². The highest BCUT2D eigenvalue weighted by atomic mass is 16.1. The fraction of sp³-hybridized carbons (Fsp3) is 0.944. The fourth-order valence-electron chi connectivity index (χ4n) is 4.78. The quantitative estimate of drug-likeness (QED) is 0.815. The van der Waals surface area contributed by atoms with Crippen molar-refractivity contribution in [2.75, 3.05) is 59.4 Å². The molecule has 0 aromatic rings. The van der Waals surface area contributed by atoms with Gasteiger partial charge in [0, 0.05) is 32.1 Å². The lowest BCUT2D eigenvalue weighted by Crippen LogP contribution is -2.41. The van der Waals surface area contributed by atoms with Gasteiger partial charge in [0.05, 0.1) is 0 Å². The molecule has 132 valence electrons. The average molecular weight is 322 g/mol. The van der Waals surface area contributed by atoms with Gasteiger partial charge in [-0.3, -0.25) is 4.79 Å². The number of nitrogens with zero attached hydrogens (tertiary/aromatic N) is 3. The lowest BCUT2D eigenvalue weighted by molar-refractivity contribution is -0.123. The number of carbonyl (C=O) groups excluding carboxylic acids is 1. The van der Waals surface area contributed by atoms with Crippen LogP contribution in [0, 0.1) is 17.8 Å². The molecule has 0 aliphatic carbocycles. The van der Waals surface area contributed by atoms with E-state index < -0.39 is 0 Å². The first-order valence-corrected chi connectivity index (χ1v) is 9.52. The Hall–Kier alpha value is -0.650. The van der Waals surface area contributed by atoms with Crippen LogP contribution in [-0.4, -0.2) is 80.0 Å². The Morgan fingerprint density at radius 3 is 2.26 bits per heavy atom. The predicted molar refractivity (Wildman–Crippen MR) is 93.1 cm³/mol. The third-order valence-electron chi connectivity index (χ3n) is 6.11. The van der Waals surface area contributed by atoms with Gasteiger partial charge in [0.25, 0.3) is 0 Å². The number of carbonyl (C=O) groups is 1. The smallest absolute Gasteiger partial charge is 0.220 e. The van der Waals surface area contributed by atoms with Crippen LogP contribution in [0.2, 0.25) is 0 Å². The van der Waals surface area contributed by atoms with E-state index in [9.17, 15) is 4.79 Å². The van der Waals surface area contributed by atoms with Crippen LogP contribution in [-0.2, 0) is 4.79 Å². The Morgan fingerprint density at radius 2 is 1.57 bits per heavy atom. The standard InChI is InChI=1S/C18H34N4O/c1-20-7-2-3-15(11-20)13-22-8-4-16(14-22)12-21-9-5-17(6-10-21)18(19)23/h15-17H,2-14H2,1H3,(H2,19,23)/t15-,16?/m0/s1. The van der Waals surface area contributed by atoms with E-state index in [0.29, 0.717) is 0 Å². The molecule has 0 bridgehead atoms. The number of piperidine rings is 2. The van der Waals surface area contributed by atoms with Crippen molar-refractivity contribution in [3.05, 3.63) is 0 Å². The Morgan fingerprint density at radius 1 is 0.913 bits per heavy atom. The second kappa shape index (κ2) is 7.95. The number of nitrogens with two attached hydrogens (primary N) is 1. The van der Waals surface area contributed by atoms with Crippen LogP contribution < -0.4 is 5.73 Å². The zero-order valence-electron chi connectivity index (χ0n) is 14.8. The first-order valence-electron chi connectivity index (χ1n) is 9.52. The van der Waals surface area contributed by atoms with Crippen LogP contribution in [0.15, 0.2) is 0 Å². The summed E-state index contributed by atoms with van der Waals surface area (Å²) in [6.45, 7) is 9.73. The average Bonchev–Trinajstić information content (AvgIpc) is 2.95. The van der Waals surface area contributed by atoms with Gasteiger partial charge < -0.3 is 20.4 Å². The number of rotatable bonds is 5. The van der Waals surface area contributed by atoms with E-state index in [1.807, 2.05) is 0 Å². The highest BCUT2D eigenvalue weighted by molar-refractivity contribution is 5.76. The summed E-state index contributed by atoms with van der Waals surface area (Å²) < 4.78 is 0. The summed E-state index contributed by atoms with van der Waals surface area (Å²) in [4.78, 5) is 19.0. The van der Waals surface area contributed by atoms with E-state index in [4.69, 9.17) is 5.73 Å². The third-order valence-corrected chi connectivity index (χ3v) is 6.11. The molecule has 1 amide bonds. The second-order valence-electron chi connectivity index (χ2n) is 8.16. The molecule has 3 rings (SSSR count). The van der Waals surface area contributed by atoms with E-state index in [1.54, 1.807) is 0 Å². The van der Waals surface area contributed by atoms with Crippen molar-refractivity contribution in [2.24, 2.45) is 23.5 Å². The zero-order chi connectivity index (χ0) is 16.2. The number of amides is 1. The molecular formula is C18H34N4O. The molecule has 0 spiro atoms. The molecule has 3 saturated heterocycles. The Balaban J connectivity index is 1.36. The van der Waals surface area contributed by atoms with Crippen molar-refractivity contribution in [1.29, 1.82) is 0 Å². The van der Waals surface area contributed by atoms with Gasteiger partial charge in [-0.2, -0.15) is 0 Å². The summed E-state index contributed by atoms with van der Waals surface area (Å²) in [6.07, 6.45) is 6.04. The highest BCUT2D eigenvalue weighted by Gasteiger charge is 2.29. The normalized spacial score (nSPS) is 32.4. The first kappa shape index (κ1) is 17.2. The lowest BCUT2D eigenvalue weighted by atomic mass is 9.95. The molecule has 2 N–H and O–H groups in total. The molecule has 3 aliphatic rings. The first-order chi connectivity index (χ1) is 11.1. The van der Waals surface area contributed by atoms with Gasteiger partial charge in [-0.1, -0.05) is 0 Å². The van der Waals surface area contributed by atoms with Crippen LogP contribution in [0.5, 0.6) is 0 Å². The maximum absolute atomic E-state index is 11.3. The minimum Gasteiger partial charge on any atom is -0.369 e. The van der Waals surface area contributed by atoms with Crippen molar-refractivity contribution in [3.63, 3.8) is 0 Å². The van der Waals surface area contributed by atoms with Crippen molar-refractivity contribution >= 4 is 5.91 Å². The van der Waals surface area contributed by atoms with Gasteiger partial charge in [0.2, 0.25) is 5.91 Å². The van der Waals surface area contributed by atoms with Gasteiger partial charge >= 0.3 is 0 Å². The molecule has 2 atom stereocenters. The third kappa shape index (κ3) is 4.91. The number of hydrogen-bond acceptors (Lipinski definition) is 4. The van der Waals surface area contributed by atoms with E-state index in [1.165, 1.54) is 58.5 Å². The second-order valence-corrected chi connectivity index (χ2v) is 8.16. The fourth-order valence-corrected chi connectivity index (χ4v) is 4.78. The molecule has 3 aliphatic heterocycles. The van der Waals surface area contributed by atoms with Crippen LogP contribution in [0.4, 0.5) is 0 Å². The van der Waals surface area contributed by atoms with E-state index in [0.717, 1.165) is 37.8 Å².